The summed E-state index contributed by atoms with van der Waals surface area (Å²) in [6.45, 7) is 14.7. The van der Waals surface area contributed by atoms with Crippen LogP contribution in [0.25, 0.3) is 0 Å². The van der Waals surface area contributed by atoms with Crippen LogP contribution in [0.4, 0.5) is 0 Å². The molecule has 0 aliphatic heterocycles. The molecule has 0 aliphatic carbocycles. The van der Waals surface area contributed by atoms with Crippen molar-refractivity contribution in [3.8, 4) is 0 Å². The third-order valence-electron chi connectivity index (χ3n) is 4.48. The summed E-state index contributed by atoms with van der Waals surface area (Å²) >= 11 is 0. The highest BCUT2D eigenvalue weighted by Crippen LogP contribution is 2.27. The first-order chi connectivity index (χ1) is 10.1. The maximum atomic E-state index is 3.84. The van der Waals surface area contributed by atoms with Gasteiger partial charge in [-0.25, -0.2) is 0 Å². The number of rotatable bonds is 15. The molecule has 0 spiro atoms. The molecule has 0 saturated carbocycles. The lowest BCUT2D eigenvalue weighted by Gasteiger charge is -2.18. The molecule has 0 rings (SSSR count). The lowest BCUT2D eigenvalue weighted by molar-refractivity contribution is 0.464. The fourth-order valence-corrected chi connectivity index (χ4v) is 3.01. The molecule has 0 bridgehead atoms. The Morgan fingerprint density at radius 1 is 0.810 bits per heavy atom. The van der Waals surface area contributed by atoms with Gasteiger partial charge in [-0.2, -0.15) is 0 Å². The normalized spacial score (nSPS) is 14.1. The third kappa shape index (κ3) is 12.9. The van der Waals surface area contributed by atoms with Gasteiger partial charge in [0.05, 0.1) is 0 Å². The summed E-state index contributed by atoms with van der Waals surface area (Å²) in [5.41, 5.74) is 0. The lowest BCUT2D eigenvalue weighted by Crippen LogP contribution is -2.02. The molecule has 0 aliphatic rings. The van der Waals surface area contributed by atoms with Crippen LogP contribution in [0.5, 0.6) is 0 Å². The van der Waals surface area contributed by atoms with E-state index in [1.807, 2.05) is 5.92 Å². The van der Waals surface area contributed by atoms with Gasteiger partial charge in [-0.3, -0.25) is 0 Å². The van der Waals surface area contributed by atoms with Crippen molar-refractivity contribution < 1.29 is 0 Å². The van der Waals surface area contributed by atoms with E-state index in [2.05, 4.69) is 46.1 Å². The van der Waals surface area contributed by atoms with Crippen molar-refractivity contribution in [2.45, 2.75) is 91.4 Å². The summed E-state index contributed by atoms with van der Waals surface area (Å²) in [4.78, 5) is 0. The van der Waals surface area contributed by atoms with Crippen molar-refractivity contribution in [3.05, 3.63) is 31.2 Å². The van der Waals surface area contributed by atoms with Crippen molar-refractivity contribution in [3.63, 3.8) is 0 Å². The molecule has 1 radical (unpaired) electrons. The average molecular weight is 292 g/mol. The predicted molar refractivity (Wildman–Crippen MR) is 98.4 cm³/mol. The summed E-state index contributed by atoms with van der Waals surface area (Å²) in [6, 6.07) is 0. The number of hydrogen-bond donors (Lipinski definition) is 0. The van der Waals surface area contributed by atoms with Gasteiger partial charge >= 0.3 is 0 Å². The zero-order valence-electron chi connectivity index (χ0n) is 15.0. The summed E-state index contributed by atoms with van der Waals surface area (Å²) in [5.74, 6) is 3.44. The Kier molecular flexibility index (Phi) is 14.1. The number of allylic oxidation sites excluding steroid dienone is 2. The molecule has 0 heterocycles. The molecule has 21 heavy (non-hydrogen) atoms. The van der Waals surface area contributed by atoms with Gasteiger partial charge in [0.25, 0.3) is 0 Å². The topological polar surface area (TPSA) is 0 Å². The molecule has 2 unspecified atom stereocenters. The van der Waals surface area contributed by atoms with Gasteiger partial charge in [0.1, 0.15) is 0 Å². The van der Waals surface area contributed by atoms with Crippen molar-refractivity contribution >= 4 is 0 Å². The predicted octanol–water partition coefficient (Wildman–Crippen LogP) is 7.52. The van der Waals surface area contributed by atoms with Crippen molar-refractivity contribution in [1.29, 1.82) is 0 Å². The van der Waals surface area contributed by atoms with Gasteiger partial charge in [0, 0.05) is 0 Å². The molecular weight excluding hydrogens is 252 g/mol. The zero-order chi connectivity index (χ0) is 15.9. The van der Waals surface area contributed by atoms with Gasteiger partial charge in [-0.05, 0) is 49.9 Å². The second-order valence-electron chi connectivity index (χ2n) is 6.90. The van der Waals surface area contributed by atoms with Crippen LogP contribution in [-0.4, -0.2) is 0 Å². The van der Waals surface area contributed by atoms with Crippen LogP contribution < -0.4 is 0 Å². The smallest absolute Gasteiger partial charge is 0.0241 e. The van der Waals surface area contributed by atoms with E-state index in [1.54, 1.807) is 0 Å². The Hall–Kier alpha value is -0.520. The summed E-state index contributed by atoms with van der Waals surface area (Å²) in [7, 11) is 0. The summed E-state index contributed by atoms with van der Waals surface area (Å²) in [5, 5.41) is 0. The fraction of sp³-hybridized carbons (Fsp3) is 0.762. The van der Waals surface area contributed by atoms with E-state index in [4.69, 9.17) is 0 Å². The quantitative estimate of drug-likeness (QED) is 0.274. The Morgan fingerprint density at radius 2 is 1.24 bits per heavy atom. The SMILES string of the molecule is C=CCC(C)CCC[C](CCCC)CCCC(C)CC=C. The van der Waals surface area contributed by atoms with Crippen molar-refractivity contribution in [2.75, 3.05) is 0 Å². The van der Waals surface area contributed by atoms with Crippen LogP contribution >= 0.6 is 0 Å². The minimum atomic E-state index is 0.808. The molecule has 0 N–H and O–H groups in total. The highest BCUT2D eigenvalue weighted by Gasteiger charge is 2.11. The van der Waals surface area contributed by atoms with Crippen molar-refractivity contribution in [2.24, 2.45) is 11.8 Å². The van der Waals surface area contributed by atoms with Crippen LogP contribution in [0.3, 0.4) is 0 Å². The molecule has 0 aromatic carbocycles. The summed E-state index contributed by atoms with van der Waals surface area (Å²) in [6.07, 6.45) is 18.7. The zero-order valence-corrected chi connectivity index (χ0v) is 15.0. The molecule has 0 nitrogen and oxygen atoms in total. The molecule has 0 aromatic rings. The first-order valence-electron chi connectivity index (χ1n) is 9.19. The maximum absolute atomic E-state index is 3.84. The molecule has 123 valence electrons. The van der Waals surface area contributed by atoms with E-state index in [-0.39, 0.29) is 0 Å². The molecular formula is C21H39. The Morgan fingerprint density at radius 3 is 1.62 bits per heavy atom. The molecule has 0 amide bonds. The van der Waals surface area contributed by atoms with Crippen LogP contribution in [-0.2, 0) is 0 Å². The van der Waals surface area contributed by atoms with Gasteiger partial charge < -0.3 is 0 Å². The molecule has 0 fully saturated rings. The van der Waals surface area contributed by atoms with Crippen LogP contribution in [0.2, 0.25) is 0 Å². The standard InChI is InChI=1S/C21H39/c1-6-9-16-21(17-10-14-19(4)12-7-2)18-11-15-20(5)13-8-3/h7-8,19-20H,2-3,6,9-18H2,1,4-5H3. The van der Waals surface area contributed by atoms with E-state index in [1.165, 1.54) is 70.6 Å². The van der Waals surface area contributed by atoms with Crippen LogP contribution in [0.15, 0.2) is 25.3 Å². The van der Waals surface area contributed by atoms with E-state index >= 15 is 0 Å². The highest BCUT2D eigenvalue weighted by molar-refractivity contribution is 4.89. The van der Waals surface area contributed by atoms with E-state index in [0.717, 1.165) is 11.8 Å². The molecule has 0 saturated heterocycles. The second-order valence-corrected chi connectivity index (χ2v) is 6.90. The van der Waals surface area contributed by atoms with Crippen LogP contribution in [0, 0.1) is 17.8 Å². The van der Waals surface area contributed by atoms with Gasteiger partial charge in [-0.15, -0.1) is 13.2 Å². The van der Waals surface area contributed by atoms with Gasteiger partial charge in [0.2, 0.25) is 0 Å². The largest absolute Gasteiger partial charge is 0.103 e. The third-order valence-corrected chi connectivity index (χ3v) is 4.48. The highest BCUT2D eigenvalue weighted by atomic mass is 14.2. The lowest BCUT2D eigenvalue weighted by atomic mass is 9.87. The van der Waals surface area contributed by atoms with E-state index in [9.17, 15) is 0 Å². The average Bonchev–Trinajstić information content (AvgIpc) is 2.44. The first kappa shape index (κ1) is 20.5. The van der Waals surface area contributed by atoms with E-state index < -0.39 is 0 Å². The monoisotopic (exact) mass is 291 g/mol. The maximum Gasteiger partial charge on any atom is -0.0241 e. The molecule has 0 aromatic heterocycles. The Balaban J connectivity index is 3.90. The van der Waals surface area contributed by atoms with Gasteiger partial charge in [-0.1, -0.05) is 71.4 Å². The molecule has 2 atom stereocenters. The first-order valence-corrected chi connectivity index (χ1v) is 9.19. The van der Waals surface area contributed by atoms with E-state index in [0.29, 0.717) is 0 Å². The number of hydrogen-bond acceptors (Lipinski definition) is 0. The van der Waals surface area contributed by atoms with Crippen molar-refractivity contribution in [1.82, 2.24) is 0 Å². The van der Waals surface area contributed by atoms with Gasteiger partial charge in [0.15, 0.2) is 0 Å². The minimum Gasteiger partial charge on any atom is -0.103 e. The Labute approximate surface area is 135 Å². The number of unbranched alkanes of at least 4 members (excludes halogenated alkanes) is 1. The molecule has 0 heteroatoms. The minimum absolute atomic E-state index is 0.808. The second kappa shape index (κ2) is 14.4. The Bertz CT molecular complexity index is 218. The summed E-state index contributed by atoms with van der Waals surface area (Å²) < 4.78 is 0. The van der Waals surface area contributed by atoms with Crippen LogP contribution in [0.1, 0.15) is 91.4 Å². The fourth-order valence-electron chi connectivity index (χ4n) is 3.01.